The number of unbranched alkanes of at least 4 members (excludes halogenated alkanes) is 28. The summed E-state index contributed by atoms with van der Waals surface area (Å²) >= 11 is 0. The molecular weight excluding hydrogens is 648 g/mol. The Balaban J connectivity index is 4.30. The first kappa shape index (κ1) is 50.4. The van der Waals surface area contributed by atoms with Crippen LogP contribution in [0.25, 0.3) is 0 Å². The highest BCUT2D eigenvalue weighted by Gasteiger charge is 2.19. The zero-order chi connectivity index (χ0) is 38.2. The van der Waals surface area contributed by atoms with E-state index in [1.165, 1.54) is 148 Å². The molecule has 1 atom stereocenters. The van der Waals surface area contributed by atoms with Crippen LogP contribution in [0.5, 0.6) is 0 Å². The summed E-state index contributed by atoms with van der Waals surface area (Å²) < 4.78 is 16.7. The topological polar surface area (TPSA) is 78.9 Å². The van der Waals surface area contributed by atoms with Crippen molar-refractivity contribution in [1.82, 2.24) is 0 Å². The van der Waals surface area contributed by atoms with Gasteiger partial charge in [0.1, 0.15) is 13.2 Å². The van der Waals surface area contributed by atoms with Crippen molar-refractivity contribution >= 4 is 17.9 Å². The van der Waals surface area contributed by atoms with Gasteiger partial charge in [0.15, 0.2) is 6.10 Å². The summed E-state index contributed by atoms with van der Waals surface area (Å²) in [5, 5.41) is 0. The molecule has 0 aliphatic heterocycles. The van der Waals surface area contributed by atoms with E-state index in [4.69, 9.17) is 14.2 Å². The van der Waals surface area contributed by atoms with Crippen molar-refractivity contribution in [3.05, 3.63) is 0 Å². The molecule has 6 nitrogen and oxygen atoms in total. The van der Waals surface area contributed by atoms with Gasteiger partial charge in [0.25, 0.3) is 0 Å². The van der Waals surface area contributed by atoms with E-state index in [9.17, 15) is 14.4 Å². The Hall–Kier alpha value is -1.59. The second kappa shape index (κ2) is 40.6. The minimum Gasteiger partial charge on any atom is -0.462 e. The molecule has 0 fully saturated rings. The van der Waals surface area contributed by atoms with E-state index in [2.05, 4.69) is 27.7 Å². The second-order valence-corrected chi connectivity index (χ2v) is 16.2. The first-order chi connectivity index (χ1) is 25.4. The van der Waals surface area contributed by atoms with Gasteiger partial charge in [-0.2, -0.15) is 0 Å². The molecule has 0 saturated heterocycles. The average molecular weight is 737 g/mol. The molecule has 0 N–H and O–H groups in total. The Kier molecular flexibility index (Phi) is 39.4. The van der Waals surface area contributed by atoms with Crippen LogP contribution in [0.3, 0.4) is 0 Å². The smallest absolute Gasteiger partial charge is 0.306 e. The van der Waals surface area contributed by atoms with Crippen molar-refractivity contribution in [3.63, 3.8) is 0 Å². The highest BCUT2D eigenvalue weighted by Crippen LogP contribution is 2.16. The molecule has 0 saturated carbocycles. The third-order valence-corrected chi connectivity index (χ3v) is 10.3. The van der Waals surface area contributed by atoms with Crippen LogP contribution < -0.4 is 0 Å². The van der Waals surface area contributed by atoms with Crippen LogP contribution >= 0.6 is 0 Å². The van der Waals surface area contributed by atoms with Crippen LogP contribution in [-0.4, -0.2) is 37.2 Å². The van der Waals surface area contributed by atoms with Crippen molar-refractivity contribution in [3.8, 4) is 0 Å². The molecule has 0 spiro atoms. The lowest BCUT2D eigenvalue weighted by Crippen LogP contribution is -2.30. The largest absolute Gasteiger partial charge is 0.462 e. The second-order valence-electron chi connectivity index (χ2n) is 16.2. The normalized spacial score (nSPS) is 11.9. The first-order valence-corrected chi connectivity index (χ1v) is 22.9. The number of rotatable bonds is 41. The van der Waals surface area contributed by atoms with Crippen molar-refractivity contribution in [1.29, 1.82) is 0 Å². The molecule has 0 rings (SSSR count). The fourth-order valence-electron chi connectivity index (χ4n) is 6.80. The lowest BCUT2D eigenvalue weighted by molar-refractivity contribution is -0.167. The Labute approximate surface area is 323 Å². The zero-order valence-electron chi connectivity index (χ0n) is 35.3. The Morgan fingerprint density at radius 3 is 0.942 bits per heavy atom. The van der Waals surface area contributed by atoms with E-state index in [-0.39, 0.29) is 31.1 Å². The standard InChI is InChI=1S/C46H88O6/c1-5-7-9-11-13-15-17-18-19-21-22-24-29-33-37-44(47)50-40-43(41-51-45(48)38-34-30-27-26-28-32-36-42(3)4)52-46(49)39-35-31-25-23-20-16-14-12-10-8-6-2/h42-43H,5-41H2,1-4H3/t43-/m1/s1. The predicted molar refractivity (Wildman–Crippen MR) is 220 cm³/mol. The number of hydrogen-bond acceptors (Lipinski definition) is 6. The Bertz CT molecular complexity index is 781. The fraction of sp³-hybridized carbons (Fsp3) is 0.935. The van der Waals surface area contributed by atoms with E-state index in [1.807, 2.05) is 0 Å². The maximum absolute atomic E-state index is 12.7. The van der Waals surface area contributed by atoms with Crippen molar-refractivity contribution in [2.24, 2.45) is 5.92 Å². The molecule has 0 aromatic heterocycles. The summed E-state index contributed by atoms with van der Waals surface area (Å²) in [6, 6.07) is 0. The summed E-state index contributed by atoms with van der Waals surface area (Å²) in [6.07, 6.45) is 39.5. The SMILES string of the molecule is CCCCCCCCCCCCCCCCC(=O)OC[C@H](COC(=O)CCCCCCCCC(C)C)OC(=O)CCCCCCCCCCCCC. The van der Waals surface area contributed by atoms with Gasteiger partial charge in [-0.1, -0.05) is 214 Å². The molecular formula is C46H88O6. The van der Waals surface area contributed by atoms with Gasteiger partial charge in [-0.25, -0.2) is 0 Å². The van der Waals surface area contributed by atoms with Crippen molar-refractivity contribution in [2.45, 2.75) is 259 Å². The van der Waals surface area contributed by atoms with Gasteiger partial charge in [-0.05, 0) is 25.2 Å². The van der Waals surface area contributed by atoms with E-state index in [0.717, 1.165) is 63.7 Å². The number of hydrogen-bond donors (Lipinski definition) is 0. The minimum atomic E-state index is -0.759. The Morgan fingerprint density at radius 1 is 0.365 bits per heavy atom. The van der Waals surface area contributed by atoms with Gasteiger partial charge in [-0.15, -0.1) is 0 Å². The molecule has 0 aliphatic rings. The summed E-state index contributed by atoms with van der Waals surface area (Å²) in [5.74, 6) is -0.0951. The van der Waals surface area contributed by atoms with Crippen LogP contribution in [0.15, 0.2) is 0 Å². The van der Waals surface area contributed by atoms with E-state index >= 15 is 0 Å². The highest BCUT2D eigenvalue weighted by molar-refractivity contribution is 5.71. The quantitative estimate of drug-likeness (QED) is 0.0353. The average Bonchev–Trinajstić information content (AvgIpc) is 3.12. The number of carbonyl (C=O) groups excluding carboxylic acids is 3. The number of ether oxygens (including phenoxy) is 3. The van der Waals surface area contributed by atoms with E-state index < -0.39 is 6.10 Å². The molecule has 52 heavy (non-hydrogen) atoms. The molecule has 0 bridgehead atoms. The van der Waals surface area contributed by atoms with Gasteiger partial charge >= 0.3 is 17.9 Å². The summed E-state index contributed by atoms with van der Waals surface area (Å²) in [4.78, 5) is 37.6. The number of carbonyl (C=O) groups is 3. The molecule has 0 amide bonds. The highest BCUT2D eigenvalue weighted by atomic mass is 16.6. The maximum atomic E-state index is 12.7. The first-order valence-electron chi connectivity index (χ1n) is 22.9. The fourth-order valence-corrected chi connectivity index (χ4v) is 6.80. The summed E-state index contributed by atoms with van der Waals surface area (Å²) in [5.41, 5.74) is 0. The molecule has 6 heteroatoms. The maximum Gasteiger partial charge on any atom is 0.306 e. The monoisotopic (exact) mass is 737 g/mol. The molecule has 0 heterocycles. The van der Waals surface area contributed by atoms with Crippen molar-refractivity contribution in [2.75, 3.05) is 13.2 Å². The third kappa shape index (κ3) is 39.6. The van der Waals surface area contributed by atoms with Crippen molar-refractivity contribution < 1.29 is 28.6 Å². The zero-order valence-corrected chi connectivity index (χ0v) is 35.3. The van der Waals surface area contributed by atoms with Gasteiger partial charge in [0, 0.05) is 19.3 Å². The van der Waals surface area contributed by atoms with Crippen LogP contribution in [0.1, 0.15) is 252 Å². The van der Waals surface area contributed by atoms with Gasteiger partial charge in [-0.3, -0.25) is 14.4 Å². The molecule has 0 radical (unpaired) electrons. The minimum absolute atomic E-state index is 0.0644. The van der Waals surface area contributed by atoms with Crippen LogP contribution in [0.4, 0.5) is 0 Å². The number of esters is 3. The summed E-state index contributed by atoms with van der Waals surface area (Å²) in [7, 11) is 0. The van der Waals surface area contributed by atoms with E-state index in [1.54, 1.807) is 0 Å². The molecule has 0 aromatic rings. The molecule has 0 unspecified atom stereocenters. The van der Waals surface area contributed by atoms with Gasteiger partial charge in [0.05, 0.1) is 0 Å². The van der Waals surface area contributed by atoms with Crippen LogP contribution in [0, 0.1) is 5.92 Å². The predicted octanol–water partition coefficient (Wildman–Crippen LogP) is 14.3. The lowest BCUT2D eigenvalue weighted by Gasteiger charge is -2.18. The van der Waals surface area contributed by atoms with Gasteiger partial charge < -0.3 is 14.2 Å². The van der Waals surface area contributed by atoms with Crippen LogP contribution in [-0.2, 0) is 28.6 Å². The van der Waals surface area contributed by atoms with E-state index in [0.29, 0.717) is 19.3 Å². The lowest BCUT2D eigenvalue weighted by atomic mass is 10.0. The molecule has 308 valence electrons. The Morgan fingerprint density at radius 2 is 0.635 bits per heavy atom. The molecule has 0 aromatic carbocycles. The van der Waals surface area contributed by atoms with Crippen LogP contribution in [0.2, 0.25) is 0 Å². The summed E-state index contributed by atoms with van der Waals surface area (Å²) in [6.45, 7) is 8.92. The molecule has 0 aliphatic carbocycles. The van der Waals surface area contributed by atoms with Gasteiger partial charge in [0.2, 0.25) is 0 Å². The third-order valence-electron chi connectivity index (χ3n) is 10.3.